The van der Waals surface area contributed by atoms with E-state index in [-0.39, 0.29) is 29.8 Å². The summed E-state index contributed by atoms with van der Waals surface area (Å²) in [5.74, 6) is 0.995. The summed E-state index contributed by atoms with van der Waals surface area (Å²) in [4.78, 5) is 31.6. The fourth-order valence-electron chi connectivity index (χ4n) is 7.38. The van der Waals surface area contributed by atoms with E-state index in [1.165, 1.54) is 5.56 Å². The van der Waals surface area contributed by atoms with Crippen LogP contribution in [0, 0.1) is 17.8 Å². The van der Waals surface area contributed by atoms with E-state index < -0.39 is 0 Å². The maximum Gasteiger partial charge on any atom is 0.228 e. The van der Waals surface area contributed by atoms with Gasteiger partial charge in [0.1, 0.15) is 0 Å². The summed E-state index contributed by atoms with van der Waals surface area (Å²) in [5.41, 5.74) is 2.41. The Bertz CT molecular complexity index is 1070. The fourth-order valence-corrected chi connectivity index (χ4v) is 7.38. The second-order valence-electron chi connectivity index (χ2n) is 12.1. The van der Waals surface area contributed by atoms with Crippen molar-refractivity contribution in [2.45, 2.75) is 76.4 Å². The number of anilines is 1. The van der Waals surface area contributed by atoms with Gasteiger partial charge in [-0.3, -0.25) is 9.59 Å². The molecule has 2 amide bonds. The summed E-state index contributed by atoms with van der Waals surface area (Å²) >= 11 is 0. The van der Waals surface area contributed by atoms with Crippen LogP contribution in [0.15, 0.2) is 48.6 Å². The SMILES string of the molecule is CCOCCN(C)CCCC(=O)N[C@@H]1CCCC[C@@H]1C(=O)N1CC[C@@H]2[C@H](C3C=CC=CC3)Nc3ccccc3[C@@H]21. The molecular weight excluding hydrogens is 500 g/mol. The van der Waals surface area contributed by atoms with Crippen LogP contribution in [0.2, 0.25) is 0 Å². The lowest BCUT2D eigenvalue weighted by Gasteiger charge is -2.44. The van der Waals surface area contributed by atoms with Crippen molar-refractivity contribution < 1.29 is 14.3 Å². The van der Waals surface area contributed by atoms with E-state index in [1.54, 1.807) is 0 Å². The van der Waals surface area contributed by atoms with Gasteiger partial charge in [0, 0.05) is 55.7 Å². The topological polar surface area (TPSA) is 73.9 Å². The van der Waals surface area contributed by atoms with E-state index >= 15 is 0 Å². The minimum atomic E-state index is -0.136. The first-order valence-corrected chi connectivity index (χ1v) is 15.6. The number of rotatable bonds is 11. The third-order valence-corrected chi connectivity index (χ3v) is 9.46. The van der Waals surface area contributed by atoms with Crippen LogP contribution in [-0.2, 0) is 14.3 Å². The maximum atomic E-state index is 14.3. The second kappa shape index (κ2) is 13.8. The minimum absolute atomic E-state index is 0.0670. The van der Waals surface area contributed by atoms with Crippen molar-refractivity contribution in [1.82, 2.24) is 15.1 Å². The van der Waals surface area contributed by atoms with E-state index in [4.69, 9.17) is 4.74 Å². The molecule has 6 atom stereocenters. The summed E-state index contributed by atoms with van der Waals surface area (Å²) in [7, 11) is 2.07. The van der Waals surface area contributed by atoms with Crippen molar-refractivity contribution in [3.63, 3.8) is 0 Å². The van der Waals surface area contributed by atoms with Gasteiger partial charge in [-0.25, -0.2) is 0 Å². The van der Waals surface area contributed by atoms with Gasteiger partial charge in [-0.2, -0.15) is 0 Å². The third kappa shape index (κ3) is 6.63. The highest BCUT2D eigenvalue weighted by molar-refractivity contribution is 5.83. The number of carbonyl (C=O) groups is 2. The molecule has 1 aromatic rings. The Balaban J connectivity index is 1.23. The van der Waals surface area contributed by atoms with Crippen LogP contribution in [0.4, 0.5) is 5.69 Å². The van der Waals surface area contributed by atoms with Gasteiger partial charge in [0.25, 0.3) is 0 Å². The van der Waals surface area contributed by atoms with Crippen LogP contribution in [0.25, 0.3) is 0 Å². The lowest BCUT2D eigenvalue weighted by molar-refractivity contribution is -0.139. The molecule has 218 valence electrons. The first kappa shape index (κ1) is 28.9. The molecule has 5 rings (SSSR count). The molecule has 1 saturated heterocycles. The van der Waals surface area contributed by atoms with E-state index in [2.05, 4.69) is 76.1 Å². The van der Waals surface area contributed by atoms with Gasteiger partial charge in [0.05, 0.1) is 18.6 Å². The smallest absolute Gasteiger partial charge is 0.228 e. The highest BCUT2D eigenvalue weighted by atomic mass is 16.5. The number of fused-ring (bicyclic) bond motifs is 3. The molecule has 2 fully saturated rings. The van der Waals surface area contributed by atoms with E-state index in [1.807, 2.05) is 6.92 Å². The Morgan fingerprint density at radius 3 is 2.80 bits per heavy atom. The van der Waals surface area contributed by atoms with Crippen LogP contribution in [-0.4, -0.2) is 73.6 Å². The summed E-state index contributed by atoms with van der Waals surface area (Å²) in [5, 5.41) is 7.16. The van der Waals surface area contributed by atoms with E-state index in [0.717, 1.165) is 83.5 Å². The molecule has 1 unspecified atom stereocenters. The lowest BCUT2D eigenvalue weighted by atomic mass is 9.75. The predicted octanol–water partition coefficient (Wildman–Crippen LogP) is 4.93. The average molecular weight is 549 g/mol. The van der Waals surface area contributed by atoms with Crippen LogP contribution < -0.4 is 10.6 Å². The molecule has 1 saturated carbocycles. The number of amides is 2. The normalized spacial score (nSPS) is 29.1. The molecule has 2 heterocycles. The summed E-state index contributed by atoms with van der Waals surface area (Å²) in [6.07, 6.45) is 16.1. The van der Waals surface area contributed by atoms with Gasteiger partial charge in [0.2, 0.25) is 11.8 Å². The number of para-hydroxylation sites is 1. The van der Waals surface area contributed by atoms with Gasteiger partial charge in [-0.15, -0.1) is 0 Å². The zero-order valence-corrected chi connectivity index (χ0v) is 24.4. The zero-order chi connectivity index (χ0) is 27.9. The number of benzene rings is 1. The molecule has 0 spiro atoms. The molecular formula is C33H48N4O3. The first-order valence-electron chi connectivity index (χ1n) is 15.6. The molecule has 40 heavy (non-hydrogen) atoms. The number of allylic oxidation sites excluding steroid dienone is 3. The van der Waals surface area contributed by atoms with Gasteiger partial charge >= 0.3 is 0 Å². The van der Waals surface area contributed by atoms with E-state index in [9.17, 15) is 9.59 Å². The Hall–Kier alpha value is -2.64. The van der Waals surface area contributed by atoms with Crippen molar-refractivity contribution in [2.24, 2.45) is 17.8 Å². The van der Waals surface area contributed by atoms with Crippen LogP contribution in [0.1, 0.15) is 69.9 Å². The van der Waals surface area contributed by atoms with Crippen LogP contribution in [0.3, 0.4) is 0 Å². The first-order chi connectivity index (χ1) is 19.6. The predicted molar refractivity (Wildman–Crippen MR) is 160 cm³/mol. The second-order valence-corrected chi connectivity index (χ2v) is 12.1. The minimum Gasteiger partial charge on any atom is -0.381 e. The molecule has 7 nitrogen and oxygen atoms in total. The summed E-state index contributed by atoms with van der Waals surface area (Å²) in [6.45, 7) is 5.99. The third-order valence-electron chi connectivity index (χ3n) is 9.46. The molecule has 0 aromatic heterocycles. The summed E-state index contributed by atoms with van der Waals surface area (Å²) in [6, 6.07) is 8.89. The number of nitrogens with one attached hydrogen (secondary N) is 2. The van der Waals surface area contributed by atoms with Crippen molar-refractivity contribution in [1.29, 1.82) is 0 Å². The molecule has 2 aliphatic heterocycles. The van der Waals surface area contributed by atoms with Gasteiger partial charge in [-0.1, -0.05) is 55.3 Å². The number of hydrogen-bond acceptors (Lipinski definition) is 5. The molecule has 2 N–H and O–H groups in total. The Morgan fingerprint density at radius 1 is 1.12 bits per heavy atom. The number of nitrogens with zero attached hydrogens (tertiary/aromatic N) is 2. The van der Waals surface area contributed by atoms with Crippen molar-refractivity contribution in [2.75, 3.05) is 45.2 Å². The molecule has 4 aliphatic rings. The molecule has 0 bridgehead atoms. The van der Waals surface area contributed by atoms with Crippen LogP contribution >= 0.6 is 0 Å². The highest BCUT2D eigenvalue weighted by Crippen LogP contribution is 2.49. The lowest BCUT2D eigenvalue weighted by Crippen LogP contribution is -2.51. The molecule has 2 aliphatic carbocycles. The van der Waals surface area contributed by atoms with Gasteiger partial charge < -0.3 is 25.2 Å². The van der Waals surface area contributed by atoms with Gasteiger partial charge in [-0.05, 0) is 64.3 Å². The quantitative estimate of drug-likeness (QED) is 0.384. The molecule has 7 heteroatoms. The zero-order valence-electron chi connectivity index (χ0n) is 24.4. The van der Waals surface area contributed by atoms with E-state index in [0.29, 0.717) is 24.3 Å². The number of carbonyl (C=O) groups excluding carboxylic acids is 2. The Morgan fingerprint density at radius 2 is 1.98 bits per heavy atom. The van der Waals surface area contributed by atoms with Crippen molar-refractivity contribution in [3.8, 4) is 0 Å². The number of hydrogen-bond donors (Lipinski definition) is 2. The number of likely N-dealkylation sites (tertiary alicyclic amines) is 1. The van der Waals surface area contributed by atoms with Crippen molar-refractivity contribution >= 4 is 17.5 Å². The summed E-state index contributed by atoms with van der Waals surface area (Å²) < 4.78 is 5.43. The highest BCUT2D eigenvalue weighted by Gasteiger charge is 2.49. The Labute approximate surface area is 240 Å². The molecule has 0 radical (unpaired) electrons. The number of likely N-dealkylation sites (N-methyl/N-ethyl adjacent to an activating group) is 1. The monoisotopic (exact) mass is 548 g/mol. The van der Waals surface area contributed by atoms with Crippen molar-refractivity contribution in [3.05, 3.63) is 54.1 Å². The largest absolute Gasteiger partial charge is 0.381 e. The average Bonchev–Trinajstić information content (AvgIpc) is 3.43. The van der Waals surface area contributed by atoms with Crippen LogP contribution in [0.5, 0.6) is 0 Å². The molecule has 1 aromatic carbocycles. The Kier molecular flexibility index (Phi) is 9.97. The standard InChI is InChI=1S/C33H48N4O3/c1-3-40-23-22-36(2)20-11-18-30(38)34-29-17-10-8-15-26(29)33(39)37-21-19-27-31(24-12-5-4-6-13-24)35-28-16-9-7-14-25(28)32(27)37/h4-7,9,12,14,16,24,26-27,29,31-32,35H,3,8,10-11,13,15,17-23H2,1-2H3,(H,34,38)/t24?,26-,27+,29+,31-,32-/m0/s1. The number of ether oxygens (including phenoxy) is 1. The maximum absolute atomic E-state index is 14.3. The fraction of sp³-hybridized carbons (Fsp3) is 0.636. The van der Waals surface area contributed by atoms with Gasteiger partial charge in [0.15, 0.2) is 0 Å².